The van der Waals surface area contributed by atoms with Gasteiger partial charge in [0.15, 0.2) is 0 Å². The zero-order valence-corrected chi connectivity index (χ0v) is 13.7. The first-order chi connectivity index (χ1) is 11.5. The number of nitrogens with two attached hydrogens (primary N) is 1. The smallest absolute Gasteiger partial charge is 0.137 e. The fraction of sp³-hybridized carbons (Fsp3) is 0.0952. The second kappa shape index (κ2) is 5.24. The van der Waals surface area contributed by atoms with Crippen LogP contribution in [0.3, 0.4) is 0 Å². The first-order valence-electron chi connectivity index (χ1n) is 7.91. The van der Waals surface area contributed by atoms with Crippen LogP contribution in [0.5, 0.6) is 0 Å². The average Bonchev–Trinajstić information content (AvgIpc) is 2.53. The van der Waals surface area contributed by atoms with Crippen molar-refractivity contribution in [1.82, 2.24) is 0 Å². The summed E-state index contributed by atoms with van der Waals surface area (Å²) in [7, 11) is 0. The van der Waals surface area contributed by atoms with Crippen LogP contribution in [0.1, 0.15) is 11.1 Å². The molecule has 1 heterocycles. The van der Waals surface area contributed by atoms with E-state index in [0.717, 1.165) is 22.1 Å². The summed E-state index contributed by atoms with van der Waals surface area (Å²) in [6.07, 6.45) is 0. The molecule has 4 rings (SSSR count). The van der Waals surface area contributed by atoms with Crippen LogP contribution in [-0.2, 0) is 0 Å². The number of fused-ring (bicyclic) bond motifs is 2. The molecule has 0 amide bonds. The number of benzene rings is 3. The highest BCUT2D eigenvalue weighted by atomic mass is 16.3. The largest absolute Gasteiger partial charge is 0.456 e. The van der Waals surface area contributed by atoms with E-state index in [2.05, 4.69) is 32.0 Å². The Morgan fingerprint density at radius 3 is 2.46 bits per heavy atom. The van der Waals surface area contributed by atoms with Gasteiger partial charge in [0.1, 0.15) is 11.3 Å². The number of aryl methyl sites for hydroxylation is 2. The summed E-state index contributed by atoms with van der Waals surface area (Å²) in [6, 6.07) is 17.7. The summed E-state index contributed by atoms with van der Waals surface area (Å²) >= 11 is 0. The molecule has 0 spiro atoms. The van der Waals surface area contributed by atoms with Gasteiger partial charge in [-0.15, -0.1) is 0 Å². The Morgan fingerprint density at radius 1 is 0.875 bits per heavy atom. The topological polar surface area (TPSA) is 63.0 Å². The molecule has 24 heavy (non-hydrogen) atoms. The molecule has 1 aliphatic heterocycles. The predicted molar refractivity (Wildman–Crippen MR) is 98.0 cm³/mol. The van der Waals surface area contributed by atoms with E-state index in [1.807, 2.05) is 24.3 Å². The van der Waals surface area contributed by atoms with Gasteiger partial charge >= 0.3 is 0 Å². The van der Waals surface area contributed by atoms with E-state index in [9.17, 15) is 0 Å². The van der Waals surface area contributed by atoms with Crippen LogP contribution >= 0.6 is 0 Å². The lowest BCUT2D eigenvalue weighted by molar-refractivity contribution is 0.619. The first-order valence-corrected chi connectivity index (χ1v) is 7.91. The normalized spacial score (nSPS) is 11.2. The lowest BCUT2D eigenvalue weighted by Gasteiger charge is -2.17. The fourth-order valence-corrected chi connectivity index (χ4v) is 3.29. The number of rotatable bonds is 1. The Kier molecular flexibility index (Phi) is 3.17. The van der Waals surface area contributed by atoms with Crippen molar-refractivity contribution in [1.29, 1.82) is 5.41 Å². The van der Waals surface area contributed by atoms with E-state index in [1.54, 1.807) is 12.1 Å². The van der Waals surface area contributed by atoms with Crippen molar-refractivity contribution in [2.24, 2.45) is 0 Å². The van der Waals surface area contributed by atoms with E-state index in [-0.39, 0.29) is 0 Å². The van der Waals surface area contributed by atoms with Crippen molar-refractivity contribution in [3.05, 3.63) is 71.1 Å². The van der Waals surface area contributed by atoms with Gasteiger partial charge < -0.3 is 15.6 Å². The van der Waals surface area contributed by atoms with E-state index in [4.69, 9.17) is 15.6 Å². The van der Waals surface area contributed by atoms with E-state index in [0.29, 0.717) is 16.8 Å². The highest BCUT2D eigenvalue weighted by molar-refractivity contribution is 6.03. The molecular weight excluding hydrogens is 296 g/mol. The number of hydrogen-bond acceptors (Lipinski definition) is 3. The van der Waals surface area contributed by atoms with Crippen molar-refractivity contribution in [2.45, 2.75) is 13.8 Å². The number of hydrogen-bond donors (Lipinski definition) is 2. The summed E-state index contributed by atoms with van der Waals surface area (Å²) < 4.78 is 6.03. The maximum absolute atomic E-state index is 7.89. The minimum Gasteiger partial charge on any atom is -0.456 e. The van der Waals surface area contributed by atoms with E-state index >= 15 is 0 Å². The van der Waals surface area contributed by atoms with Crippen LogP contribution in [0.2, 0.25) is 0 Å². The quantitative estimate of drug-likeness (QED) is 0.388. The minimum atomic E-state index is 0.432. The minimum absolute atomic E-state index is 0.432. The third-order valence-electron chi connectivity index (χ3n) is 4.40. The van der Waals surface area contributed by atoms with Gasteiger partial charge in [-0.3, -0.25) is 0 Å². The molecule has 3 heteroatoms. The Bertz CT molecular complexity index is 1110. The summed E-state index contributed by atoms with van der Waals surface area (Å²) in [4.78, 5) is 0. The lowest BCUT2D eigenvalue weighted by Crippen LogP contribution is -2.00. The molecule has 118 valence electrons. The van der Waals surface area contributed by atoms with Crippen molar-refractivity contribution in [3.8, 4) is 22.5 Å². The number of anilines is 1. The molecule has 0 unspecified atom stereocenters. The number of nitrogens with one attached hydrogen (secondary N) is 1. The first kappa shape index (κ1) is 14.5. The monoisotopic (exact) mass is 314 g/mol. The van der Waals surface area contributed by atoms with Crippen LogP contribution < -0.4 is 11.1 Å². The van der Waals surface area contributed by atoms with Gasteiger partial charge in [-0.2, -0.15) is 0 Å². The van der Waals surface area contributed by atoms with Crippen LogP contribution in [0.25, 0.3) is 33.4 Å². The maximum atomic E-state index is 7.89. The van der Waals surface area contributed by atoms with Crippen LogP contribution in [0.4, 0.5) is 5.69 Å². The third kappa shape index (κ3) is 2.26. The van der Waals surface area contributed by atoms with Gasteiger partial charge in [-0.1, -0.05) is 23.8 Å². The molecule has 0 aromatic heterocycles. The summed E-state index contributed by atoms with van der Waals surface area (Å²) in [5.74, 6) is 0.704. The molecule has 0 saturated heterocycles. The van der Waals surface area contributed by atoms with Gasteiger partial charge in [-0.05, 0) is 49.2 Å². The van der Waals surface area contributed by atoms with Crippen LogP contribution in [-0.4, -0.2) is 0 Å². The van der Waals surface area contributed by atoms with Crippen LogP contribution in [0.15, 0.2) is 59.0 Å². The fourth-order valence-electron chi connectivity index (χ4n) is 3.29. The molecule has 0 bridgehead atoms. The highest BCUT2D eigenvalue weighted by Gasteiger charge is 2.18. The van der Waals surface area contributed by atoms with Crippen molar-refractivity contribution >= 4 is 16.7 Å². The Morgan fingerprint density at radius 2 is 1.67 bits per heavy atom. The van der Waals surface area contributed by atoms with Crippen molar-refractivity contribution in [3.63, 3.8) is 0 Å². The Balaban J connectivity index is 2.20. The molecule has 2 aromatic rings. The average molecular weight is 314 g/mol. The third-order valence-corrected chi connectivity index (χ3v) is 4.40. The second-order valence-electron chi connectivity index (χ2n) is 6.26. The zero-order valence-electron chi connectivity index (χ0n) is 13.7. The number of nitrogen functional groups attached to an aromatic ring is 1. The van der Waals surface area contributed by atoms with Gasteiger partial charge in [0, 0.05) is 34.3 Å². The molecule has 1 aliphatic carbocycles. The Labute approximate surface area is 140 Å². The van der Waals surface area contributed by atoms with Crippen molar-refractivity contribution in [2.75, 3.05) is 5.73 Å². The maximum Gasteiger partial charge on any atom is 0.137 e. The van der Waals surface area contributed by atoms with Gasteiger partial charge in [0.25, 0.3) is 0 Å². The molecule has 0 atom stereocenters. The second-order valence-corrected chi connectivity index (χ2v) is 6.26. The van der Waals surface area contributed by atoms with Crippen molar-refractivity contribution < 1.29 is 4.42 Å². The molecule has 3 nitrogen and oxygen atoms in total. The molecule has 0 radical (unpaired) electrons. The summed E-state index contributed by atoms with van der Waals surface area (Å²) in [6.45, 7) is 4.22. The van der Waals surface area contributed by atoms with E-state index < -0.39 is 0 Å². The molecular formula is C21H18N2O. The van der Waals surface area contributed by atoms with Gasteiger partial charge in [0.05, 0.1) is 5.36 Å². The summed E-state index contributed by atoms with van der Waals surface area (Å²) in [5.41, 5.74) is 13.1. The van der Waals surface area contributed by atoms with Gasteiger partial charge in [0.2, 0.25) is 0 Å². The standard InChI is InChI=1S/C21H18N2O/c1-12-3-6-16(13(2)9-12)21-17-7-4-14(22)10-19(17)24-20-11-15(23)5-8-18(20)21/h3-11,22H,23H2,1-2H3. The molecule has 0 fully saturated rings. The SMILES string of the molecule is Cc1ccc(-c2c3ccc(=N)cc-3oc3cc(N)ccc23)c(C)c1. The zero-order chi connectivity index (χ0) is 16.8. The van der Waals surface area contributed by atoms with Crippen LogP contribution in [0, 0.1) is 19.3 Å². The predicted octanol–water partition coefficient (Wildman–Crippen LogP) is 4.88. The molecule has 2 aliphatic rings. The summed E-state index contributed by atoms with van der Waals surface area (Å²) in [5, 5.41) is 9.35. The van der Waals surface area contributed by atoms with E-state index in [1.165, 1.54) is 16.7 Å². The van der Waals surface area contributed by atoms with Gasteiger partial charge in [-0.25, -0.2) is 0 Å². The molecule has 3 N–H and O–H groups in total. The lowest BCUT2D eigenvalue weighted by atomic mass is 9.90. The Hall–Kier alpha value is -3.07. The molecule has 2 aromatic carbocycles. The molecule has 0 saturated carbocycles. The highest BCUT2D eigenvalue weighted by Crippen LogP contribution is 2.41.